The van der Waals surface area contributed by atoms with Crippen LogP contribution in [0.5, 0.6) is 5.75 Å². The Morgan fingerprint density at radius 1 is 1.17 bits per heavy atom. The van der Waals surface area contributed by atoms with E-state index < -0.39 is 9.84 Å². The zero-order chi connectivity index (χ0) is 21.5. The van der Waals surface area contributed by atoms with Crippen molar-refractivity contribution in [1.82, 2.24) is 0 Å². The molecule has 8 heteroatoms. The SMILES string of the molecule is COc1ccc(CC(=O)N=C2S[C@H]3CS(=O)(=O)C[C@@H]3N2c2cc(C)ccc2C)cc1. The van der Waals surface area contributed by atoms with Gasteiger partial charge in [-0.3, -0.25) is 4.79 Å². The number of aryl methyl sites for hydroxylation is 2. The molecule has 2 atom stereocenters. The van der Waals surface area contributed by atoms with Gasteiger partial charge < -0.3 is 9.64 Å². The summed E-state index contributed by atoms with van der Waals surface area (Å²) < 4.78 is 29.6. The summed E-state index contributed by atoms with van der Waals surface area (Å²) in [5.74, 6) is 0.693. The number of anilines is 1. The average Bonchev–Trinajstić information content (AvgIpc) is 3.15. The lowest BCUT2D eigenvalue weighted by Gasteiger charge is -2.26. The third kappa shape index (κ3) is 4.25. The van der Waals surface area contributed by atoms with Crippen molar-refractivity contribution in [2.45, 2.75) is 31.6 Å². The van der Waals surface area contributed by atoms with E-state index in [1.54, 1.807) is 7.11 Å². The Kier molecular flexibility index (Phi) is 5.63. The minimum atomic E-state index is -3.09. The minimum absolute atomic E-state index is 0.0870. The van der Waals surface area contributed by atoms with Crippen molar-refractivity contribution in [1.29, 1.82) is 0 Å². The number of methoxy groups -OCH3 is 1. The molecule has 2 fully saturated rings. The molecule has 30 heavy (non-hydrogen) atoms. The van der Waals surface area contributed by atoms with Gasteiger partial charge in [-0.05, 0) is 48.7 Å². The van der Waals surface area contributed by atoms with Crippen LogP contribution < -0.4 is 9.64 Å². The fourth-order valence-corrected chi connectivity index (χ4v) is 7.81. The molecule has 0 radical (unpaired) electrons. The van der Waals surface area contributed by atoms with Gasteiger partial charge in [0.2, 0.25) is 0 Å². The van der Waals surface area contributed by atoms with Crippen LogP contribution in [0.3, 0.4) is 0 Å². The van der Waals surface area contributed by atoms with Gasteiger partial charge in [-0.15, -0.1) is 0 Å². The van der Waals surface area contributed by atoms with Gasteiger partial charge in [0.05, 0.1) is 31.1 Å². The maximum absolute atomic E-state index is 12.7. The number of hydrogen-bond donors (Lipinski definition) is 0. The van der Waals surface area contributed by atoms with E-state index in [2.05, 4.69) is 4.99 Å². The summed E-state index contributed by atoms with van der Waals surface area (Å²) in [6, 6.07) is 13.2. The summed E-state index contributed by atoms with van der Waals surface area (Å²) in [4.78, 5) is 19.1. The number of aliphatic imine (C=N–C) groups is 1. The Labute approximate surface area is 181 Å². The number of amides is 1. The van der Waals surface area contributed by atoms with Gasteiger partial charge in [0.25, 0.3) is 5.91 Å². The van der Waals surface area contributed by atoms with E-state index in [0.29, 0.717) is 5.17 Å². The fourth-order valence-electron chi connectivity index (χ4n) is 3.89. The Morgan fingerprint density at radius 3 is 2.60 bits per heavy atom. The molecule has 2 aliphatic rings. The van der Waals surface area contributed by atoms with Gasteiger partial charge in [0, 0.05) is 10.9 Å². The average molecular weight is 445 g/mol. The molecule has 0 N–H and O–H groups in total. The highest BCUT2D eigenvalue weighted by molar-refractivity contribution is 8.16. The van der Waals surface area contributed by atoms with Crippen LogP contribution in [0.2, 0.25) is 0 Å². The number of carbonyl (C=O) groups excluding carboxylic acids is 1. The van der Waals surface area contributed by atoms with E-state index in [-0.39, 0.29) is 35.1 Å². The highest BCUT2D eigenvalue weighted by Crippen LogP contribution is 2.42. The number of rotatable bonds is 4. The smallest absolute Gasteiger partial charge is 0.252 e. The van der Waals surface area contributed by atoms with Crippen molar-refractivity contribution in [2.24, 2.45) is 4.99 Å². The van der Waals surface area contributed by atoms with Crippen LogP contribution in [0.25, 0.3) is 0 Å². The van der Waals surface area contributed by atoms with Crippen molar-refractivity contribution < 1.29 is 17.9 Å². The number of amidine groups is 1. The second-order valence-corrected chi connectivity index (χ2v) is 11.1. The quantitative estimate of drug-likeness (QED) is 0.721. The number of benzene rings is 2. The Bertz CT molecular complexity index is 1110. The van der Waals surface area contributed by atoms with E-state index in [1.807, 2.05) is 61.2 Å². The molecule has 158 valence electrons. The van der Waals surface area contributed by atoms with Crippen LogP contribution in [0.4, 0.5) is 5.69 Å². The molecule has 0 saturated carbocycles. The zero-order valence-electron chi connectivity index (χ0n) is 17.2. The molecule has 6 nitrogen and oxygen atoms in total. The lowest BCUT2D eigenvalue weighted by atomic mass is 10.1. The molecule has 2 aromatic carbocycles. The van der Waals surface area contributed by atoms with Gasteiger partial charge in [0.15, 0.2) is 15.0 Å². The third-order valence-corrected chi connectivity index (χ3v) is 8.64. The van der Waals surface area contributed by atoms with Crippen molar-refractivity contribution in [3.63, 3.8) is 0 Å². The molecule has 4 rings (SSSR count). The molecule has 2 saturated heterocycles. The molecule has 0 aliphatic carbocycles. The topological polar surface area (TPSA) is 76.0 Å². The molecule has 0 spiro atoms. The Morgan fingerprint density at radius 2 is 1.90 bits per heavy atom. The number of ether oxygens (including phenoxy) is 1. The number of sulfone groups is 1. The summed E-state index contributed by atoms with van der Waals surface area (Å²) in [6.45, 7) is 3.99. The molecular formula is C22H24N2O4S2. The summed E-state index contributed by atoms with van der Waals surface area (Å²) in [6.07, 6.45) is 0.183. The molecule has 1 amide bonds. The number of carbonyl (C=O) groups is 1. The van der Waals surface area contributed by atoms with Crippen molar-refractivity contribution in [3.8, 4) is 5.75 Å². The van der Waals surface area contributed by atoms with E-state index in [4.69, 9.17) is 4.74 Å². The monoisotopic (exact) mass is 444 g/mol. The maximum atomic E-state index is 12.7. The first-order valence-corrected chi connectivity index (χ1v) is 12.4. The molecular weight excluding hydrogens is 420 g/mol. The van der Waals surface area contributed by atoms with Crippen LogP contribution in [0, 0.1) is 13.8 Å². The minimum Gasteiger partial charge on any atom is -0.497 e. The highest BCUT2D eigenvalue weighted by Gasteiger charge is 2.49. The van der Waals surface area contributed by atoms with Crippen molar-refractivity contribution in [3.05, 3.63) is 59.2 Å². The first-order valence-electron chi connectivity index (χ1n) is 9.74. The number of fused-ring (bicyclic) bond motifs is 1. The lowest BCUT2D eigenvalue weighted by Crippen LogP contribution is -2.38. The van der Waals surface area contributed by atoms with E-state index in [9.17, 15) is 13.2 Å². The molecule has 2 aromatic rings. The van der Waals surface area contributed by atoms with E-state index >= 15 is 0 Å². The fraction of sp³-hybridized carbons (Fsp3) is 0.364. The summed E-state index contributed by atoms with van der Waals surface area (Å²) in [5.41, 5.74) is 3.88. The highest BCUT2D eigenvalue weighted by atomic mass is 32.2. The van der Waals surface area contributed by atoms with Crippen LogP contribution >= 0.6 is 11.8 Å². The molecule has 0 bridgehead atoms. The molecule has 2 heterocycles. The Hall–Kier alpha value is -2.32. The van der Waals surface area contributed by atoms with Gasteiger partial charge in [0.1, 0.15) is 5.75 Å². The molecule has 0 aromatic heterocycles. The zero-order valence-corrected chi connectivity index (χ0v) is 18.8. The summed E-state index contributed by atoms with van der Waals surface area (Å²) in [7, 11) is -1.49. The van der Waals surface area contributed by atoms with Gasteiger partial charge >= 0.3 is 0 Å². The van der Waals surface area contributed by atoms with Crippen molar-refractivity contribution >= 4 is 38.4 Å². The van der Waals surface area contributed by atoms with Crippen LogP contribution in [-0.4, -0.2) is 49.4 Å². The van der Waals surface area contributed by atoms with E-state index in [1.165, 1.54) is 11.8 Å². The summed E-state index contributed by atoms with van der Waals surface area (Å²) >= 11 is 1.40. The summed E-state index contributed by atoms with van der Waals surface area (Å²) in [5, 5.41) is 0.481. The van der Waals surface area contributed by atoms with Gasteiger partial charge in [-0.1, -0.05) is 36.0 Å². The lowest BCUT2D eigenvalue weighted by molar-refractivity contribution is -0.117. The second kappa shape index (κ2) is 8.07. The molecule has 2 aliphatic heterocycles. The predicted octanol–water partition coefficient (Wildman–Crippen LogP) is 3.16. The first kappa shape index (κ1) is 20.9. The first-order chi connectivity index (χ1) is 14.3. The van der Waals surface area contributed by atoms with Crippen LogP contribution in [0.15, 0.2) is 47.5 Å². The Balaban J connectivity index is 1.64. The number of hydrogen-bond acceptors (Lipinski definition) is 5. The maximum Gasteiger partial charge on any atom is 0.252 e. The van der Waals surface area contributed by atoms with Crippen LogP contribution in [0.1, 0.15) is 16.7 Å². The van der Waals surface area contributed by atoms with Crippen molar-refractivity contribution in [2.75, 3.05) is 23.5 Å². The molecule has 0 unspecified atom stereocenters. The normalized spacial score (nSPS) is 23.6. The second-order valence-electron chi connectivity index (χ2n) is 7.77. The number of thioether (sulfide) groups is 1. The standard InChI is InChI=1S/C22H24N2O4S2/c1-14-4-5-15(2)18(10-14)24-19-12-30(26,27)13-20(19)29-22(24)23-21(25)11-16-6-8-17(28-3)9-7-16/h4-10,19-20H,11-13H2,1-3H3/t19-,20-/m0/s1. The largest absolute Gasteiger partial charge is 0.497 e. The number of nitrogens with zero attached hydrogens (tertiary/aromatic N) is 2. The van der Waals surface area contributed by atoms with Gasteiger partial charge in [-0.2, -0.15) is 4.99 Å². The van der Waals surface area contributed by atoms with Crippen LogP contribution in [-0.2, 0) is 21.1 Å². The third-order valence-electron chi connectivity index (χ3n) is 5.43. The van der Waals surface area contributed by atoms with Gasteiger partial charge in [-0.25, -0.2) is 8.42 Å². The van der Waals surface area contributed by atoms with E-state index in [0.717, 1.165) is 28.1 Å². The predicted molar refractivity (Wildman–Crippen MR) is 121 cm³/mol.